The number of nitrogens with one attached hydrogen (secondary N) is 1. The maximum absolute atomic E-state index is 13.0. The molecule has 0 radical (unpaired) electrons. The van der Waals surface area contributed by atoms with Gasteiger partial charge in [-0.15, -0.1) is 23.1 Å². The van der Waals surface area contributed by atoms with Crippen molar-refractivity contribution in [3.63, 3.8) is 0 Å². The highest BCUT2D eigenvalue weighted by Crippen LogP contribution is 2.41. The van der Waals surface area contributed by atoms with Crippen molar-refractivity contribution >= 4 is 80.9 Å². The minimum Gasteiger partial charge on any atom is -0.543 e. The molecule has 0 saturated carbocycles. The summed E-state index contributed by atoms with van der Waals surface area (Å²) in [6.07, 6.45) is 0. The van der Waals surface area contributed by atoms with E-state index in [0.29, 0.717) is 16.4 Å². The number of rotatable bonds is 8. The highest BCUT2D eigenvalue weighted by molar-refractivity contribution is 8.01. The lowest BCUT2D eigenvalue weighted by atomic mass is 10.0. The number of nitrogens with two attached hydrogens (primary N) is 3. The minimum atomic E-state index is -1.51. The van der Waals surface area contributed by atoms with Gasteiger partial charge < -0.3 is 37.3 Å². The van der Waals surface area contributed by atoms with E-state index < -0.39 is 29.2 Å². The molecule has 0 bridgehead atoms. The molecule has 0 aromatic carbocycles. The molecule has 5 heterocycles. The van der Waals surface area contributed by atoms with Gasteiger partial charge in [0.25, 0.3) is 23.4 Å². The number of carbonyl (C=O) groups is 3. The van der Waals surface area contributed by atoms with Gasteiger partial charge in [0, 0.05) is 16.9 Å². The molecule has 2 amide bonds. The molecule has 0 aliphatic carbocycles. The average molecular weight is 592 g/mol. The summed E-state index contributed by atoms with van der Waals surface area (Å²) in [7, 11) is 2.99. The fourth-order valence-corrected chi connectivity index (χ4v) is 7.02. The van der Waals surface area contributed by atoms with Gasteiger partial charge in [0.15, 0.2) is 10.8 Å². The average Bonchev–Trinajstić information content (AvgIpc) is 3.45. The van der Waals surface area contributed by atoms with Crippen LogP contribution in [0.2, 0.25) is 0 Å². The van der Waals surface area contributed by atoms with Crippen LogP contribution in [0.15, 0.2) is 33.0 Å². The first kappa shape index (κ1) is 26.5. The van der Waals surface area contributed by atoms with Crippen LogP contribution in [0.1, 0.15) is 5.69 Å². The standard InChI is InChI=1S/C20H21N11O5S3/c1-29-10-3-9(21)25-20(31(10)27-18(29)22)39-5-7-4-37-16-12(15(33)30(16)13(7)17(34)35)26-14(32)11(28-36-2)8-6-38-19(23)24-8/h3,6,12,16,21H,4-5H2,1-2H3,(H6,22,23,24,26,27,32,34,35)/b28-11-/t12?,16-/m0/s1. The highest BCUT2D eigenvalue weighted by Gasteiger charge is 2.53. The molecule has 0 spiro atoms. The Balaban J connectivity index is 1.35. The van der Waals surface area contributed by atoms with Gasteiger partial charge in [-0.05, 0) is 22.4 Å². The van der Waals surface area contributed by atoms with Crippen molar-refractivity contribution in [2.75, 3.05) is 35.8 Å². The number of carboxylic acid groups (broad SMARTS) is 1. The quantitative estimate of drug-likeness (QED) is 0.0522. The number of oxime groups is 1. The summed E-state index contributed by atoms with van der Waals surface area (Å²) in [5.41, 5.74) is 18.3. The molecule has 19 heteroatoms. The zero-order valence-electron chi connectivity index (χ0n) is 20.4. The van der Waals surface area contributed by atoms with Crippen molar-refractivity contribution in [1.29, 1.82) is 0 Å². The molecule has 2 aliphatic heterocycles. The number of hydrogen-bond acceptors (Lipinski definition) is 15. The molecule has 1 saturated heterocycles. The number of amides is 2. The Morgan fingerprint density at radius 1 is 1.36 bits per heavy atom. The first-order valence-corrected chi connectivity index (χ1v) is 14.0. The number of hydrogen-bond donors (Lipinski definition) is 4. The largest absolute Gasteiger partial charge is 0.543 e. The van der Waals surface area contributed by atoms with Gasteiger partial charge in [0.1, 0.15) is 24.2 Å². The summed E-state index contributed by atoms with van der Waals surface area (Å²) in [5, 5.41) is 24.2. The number of carboxylic acids is 1. The number of nitrogen functional groups attached to an aromatic ring is 3. The predicted octanol–water partition coefficient (Wildman–Crippen LogP) is -2.70. The third-order valence-electron chi connectivity index (χ3n) is 5.85. The Bertz CT molecular complexity index is 1580. The maximum Gasteiger partial charge on any atom is 0.325 e. The lowest BCUT2D eigenvalue weighted by molar-refractivity contribution is -0.621. The van der Waals surface area contributed by atoms with Crippen LogP contribution >= 0.6 is 34.9 Å². The summed E-state index contributed by atoms with van der Waals surface area (Å²) >= 11 is 3.60. The number of carbonyl (C=O) groups excluding carboxylic acids is 3. The number of nitrogens with zero attached hydrogens (tertiary/aromatic N) is 7. The normalized spacial score (nSPS) is 19.2. The second-order valence-electron chi connectivity index (χ2n) is 8.23. The highest BCUT2D eigenvalue weighted by atomic mass is 32.2. The number of fused-ring (bicyclic) bond motifs is 2. The Kier molecular flexibility index (Phi) is 6.95. The van der Waals surface area contributed by atoms with Crippen LogP contribution in [0, 0.1) is 0 Å². The van der Waals surface area contributed by atoms with E-state index >= 15 is 0 Å². The predicted molar refractivity (Wildman–Crippen MR) is 141 cm³/mol. The van der Waals surface area contributed by atoms with Crippen molar-refractivity contribution in [3.8, 4) is 0 Å². The molecule has 1 unspecified atom stereocenters. The third kappa shape index (κ3) is 4.68. The lowest BCUT2D eigenvalue weighted by Crippen LogP contribution is -2.71. The number of aryl methyl sites for hydroxylation is 1. The molecular weight excluding hydrogens is 570 g/mol. The molecule has 39 heavy (non-hydrogen) atoms. The van der Waals surface area contributed by atoms with Gasteiger partial charge in [0.2, 0.25) is 5.82 Å². The monoisotopic (exact) mass is 591 g/mol. The number of β-lactam (4-membered cyclic amide) rings is 1. The summed E-state index contributed by atoms with van der Waals surface area (Å²) in [6, 6.07) is 0.617. The van der Waals surface area contributed by atoms with Gasteiger partial charge in [-0.25, -0.2) is 9.55 Å². The van der Waals surface area contributed by atoms with E-state index in [2.05, 4.69) is 25.5 Å². The minimum absolute atomic E-state index is 0.161. The van der Waals surface area contributed by atoms with Gasteiger partial charge in [0.05, 0.1) is 24.8 Å². The fourth-order valence-electron chi connectivity index (χ4n) is 4.03. The maximum atomic E-state index is 13.0. The molecule has 3 aromatic heterocycles. The molecular formula is C20H21N11O5S3. The lowest BCUT2D eigenvalue weighted by Gasteiger charge is -2.50. The summed E-state index contributed by atoms with van der Waals surface area (Å²) < 4.78 is 3.14. The first-order valence-electron chi connectivity index (χ1n) is 11.1. The van der Waals surface area contributed by atoms with E-state index in [-0.39, 0.29) is 45.5 Å². The number of aliphatic carboxylic acids is 1. The van der Waals surface area contributed by atoms with Crippen LogP contribution in [0.3, 0.4) is 0 Å². The van der Waals surface area contributed by atoms with Gasteiger partial charge in [-0.1, -0.05) is 14.7 Å². The molecule has 5 rings (SSSR count). The zero-order chi connectivity index (χ0) is 28.0. The van der Waals surface area contributed by atoms with Crippen LogP contribution in [0.5, 0.6) is 0 Å². The number of thioether (sulfide) groups is 2. The molecule has 2 aliphatic rings. The zero-order valence-corrected chi connectivity index (χ0v) is 22.8. The number of anilines is 3. The molecule has 2 atom stereocenters. The Morgan fingerprint density at radius 2 is 2.13 bits per heavy atom. The van der Waals surface area contributed by atoms with Crippen molar-refractivity contribution in [3.05, 3.63) is 28.4 Å². The number of aromatic nitrogens is 5. The smallest absolute Gasteiger partial charge is 0.325 e. The van der Waals surface area contributed by atoms with Gasteiger partial charge in [-0.3, -0.25) is 14.5 Å². The summed E-state index contributed by atoms with van der Waals surface area (Å²) in [6.45, 7) is 0. The van der Waals surface area contributed by atoms with Crippen LogP contribution in [0.4, 0.5) is 16.9 Å². The van der Waals surface area contributed by atoms with E-state index in [0.717, 1.165) is 16.2 Å². The van der Waals surface area contributed by atoms with E-state index in [1.54, 1.807) is 17.7 Å². The molecule has 7 N–H and O–H groups in total. The first-order chi connectivity index (χ1) is 18.6. The summed E-state index contributed by atoms with van der Waals surface area (Å²) in [4.78, 5) is 52.3. The van der Waals surface area contributed by atoms with E-state index in [9.17, 15) is 19.5 Å². The fraction of sp³-hybridized carbons (Fsp3) is 0.300. The van der Waals surface area contributed by atoms with Crippen LogP contribution in [-0.4, -0.2) is 78.1 Å². The van der Waals surface area contributed by atoms with Gasteiger partial charge in [-0.2, -0.15) is 0 Å². The molecule has 204 valence electrons. The van der Waals surface area contributed by atoms with Crippen LogP contribution < -0.4 is 32.1 Å². The van der Waals surface area contributed by atoms with Crippen molar-refractivity contribution in [1.82, 2.24) is 29.9 Å². The Hall–Kier alpha value is -4.10. The second-order valence-corrected chi connectivity index (χ2v) is 11.2. The molecule has 16 nitrogen and oxygen atoms in total. The number of thiazole rings is 1. The van der Waals surface area contributed by atoms with Crippen LogP contribution in [-0.2, 0) is 26.3 Å². The van der Waals surface area contributed by atoms with E-state index in [1.165, 1.54) is 40.5 Å². The SMILES string of the molecule is CO/N=C(\C(=O)NC1C(=O)N2C(C(=O)[O-])=C(CSc3nc(N)cc4n(C)c(N)n[n+]34)CS[C@@H]12)c1csc(N)n1. The second kappa shape index (κ2) is 10.2. The van der Waals surface area contributed by atoms with E-state index in [4.69, 9.17) is 22.0 Å². The Morgan fingerprint density at radius 3 is 2.79 bits per heavy atom. The van der Waals surface area contributed by atoms with Crippen molar-refractivity contribution < 1.29 is 28.8 Å². The van der Waals surface area contributed by atoms with Crippen LogP contribution in [0.25, 0.3) is 5.65 Å². The Labute approximate surface area is 232 Å². The molecule has 3 aromatic rings. The third-order valence-corrected chi connectivity index (χ3v) is 8.88. The summed E-state index contributed by atoms with van der Waals surface area (Å²) in [5.74, 6) is -1.92. The topological polar surface area (TPSA) is 237 Å². The van der Waals surface area contributed by atoms with Gasteiger partial charge >= 0.3 is 5.16 Å². The van der Waals surface area contributed by atoms with Crippen molar-refractivity contribution in [2.45, 2.75) is 16.6 Å². The van der Waals surface area contributed by atoms with Crippen molar-refractivity contribution in [2.24, 2.45) is 12.2 Å². The molecule has 1 fully saturated rings. The van der Waals surface area contributed by atoms with E-state index in [1.807, 2.05) is 0 Å².